The summed E-state index contributed by atoms with van der Waals surface area (Å²) in [5, 5.41) is 0. The number of aromatic nitrogens is 2. The summed E-state index contributed by atoms with van der Waals surface area (Å²) in [6, 6.07) is -1.55. The van der Waals surface area contributed by atoms with Crippen molar-refractivity contribution >= 4 is 25.6 Å². The summed E-state index contributed by atoms with van der Waals surface area (Å²) in [7, 11) is -2.18. The van der Waals surface area contributed by atoms with Gasteiger partial charge in [-0.3, -0.25) is 4.79 Å². The Kier molecular flexibility index (Phi) is 5.11. The Morgan fingerprint density at radius 3 is 2.65 bits per heavy atom. The van der Waals surface area contributed by atoms with E-state index in [1.165, 1.54) is 0 Å². The van der Waals surface area contributed by atoms with Crippen LogP contribution in [0, 0.1) is 5.82 Å². The summed E-state index contributed by atoms with van der Waals surface area (Å²) in [6.45, 7) is 0. The smallest absolute Gasteiger partial charge is 0.330 e. The van der Waals surface area contributed by atoms with E-state index < -0.39 is 43.7 Å². The highest BCUT2D eigenvalue weighted by atomic mass is 33.1. The van der Waals surface area contributed by atoms with Gasteiger partial charge in [0, 0.05) is 18.2 Å². The fourth-order valence-corrected chi connectivity index (χ4v) is 3.11. The molecule has 0 radical (unpaired) electrons. The SMILES string of the molecule is COC(=O)C(CSS(C)(=O)=O)n1c(=O)[nH]cc(F)c1=O. The van der Waals surface area contributed by atoms with Gasteiger partial charge in [-0.25, -0.2) is 22.6 Å². The first-order valence-electron chi connectivity index (χ1n) is 5.09. The van der Waals surface area contributed by atoms with Gasteiger partial charge in [-0.15, -0.1) is 0 Å². The Morgan fingerprint density at radius 1 is 1.55 bits per heavy atom. The highest BCUT2D eigenvalue weighted by Crippen LogP contribution is 2.18. The maximum atomic E-state index is 13.2. The van der Waals surface area contributed by atoms with Crippen molar-refractivity contribution in [2.45, 2.75) is 6.04 Å². The zero-order chi connectivity index (χ0) is 15.5. The molecule has 0 amide bonds. The van der Waals surface area contributed by atoms with E-state index in [1.807, 2.05) is 4.98 Å². The molecule has 0 aliphatic rings. The van der Waals surface area contributed by atoms with Gasteiger partial charge in [-0.2, -0.15) is 4.39 Å². The number of hydrogen-bond donors (Lipinski definition) is 1. The second-order valence-electron chi connectivity index (χ2n) is 3.64. The molecule has 8 nitrogen and oxygen atoms in total. The zero-order valence-corrected chi connectivity index (χ0v) is 12.1. The number of carbonyl (C=O) groups is 1. The summed E-state index contributed by atoms with van der Waals surface area (Å²) < 4.78 is 40.0. The minimum atomic E-state index is -3.52. The number of hydrogen-bond acceptors (Lipinski definition) is 7. The monoisotopic (exact) mass is 326 g/mol. The van der Waals surface area contributed by atoms with Gasteiger partial charge in [-0.05, 0) is 10.8 Å². The number of ether oxygens (including phenoxy) is 1. The molecule has 1 heterocycles. The first-order valence-corrected chi connectivity index (χ1v) is 8.48. The van der Waals surface area contributed by atoms with Gasteiger partial charge in [0.25, 0.3) is 5.56 Å². The van der Waals surface area contributed by atoms with Crippen LogP contribution < -0.4 is 11.2 Å². The molecule has 0 spiro atoms. The number of halogens is 1. The standard InChI is InChI=1S/C9H11FN2O6S2/c1-18-8(14)6(4-19-20(2,16)17)12-7(13)5(10)3-11-9(12)15/h3,6H,4H2,1-2H3,(H,11,15). The number of nitrogens with one attached hydrogen (secondary N) is 1. The Bertz CT molecular complexity index is 723. The summed E-state index contributed by atoms with van der Waals surface area (Å²) in [5.74, 6) is -2.76. The number of aromatic amines is 1. The van der Waals surface area contributed by atoms with Gasteiger partial charge in [-0.1, -0.05) is 0 Å². The van der Waals surface area contributed by atoms with Crippen LogP contribution in [0.5, 0.6) is 0 Å². The van der Waals surface area contributed by atoms with Crippen LogP contribution in [0.4, 0.5) is 4.39 Å². The molecular formula is C9H11FN2O6S2. The van der Waals surface area contributed by atoms with E-state index in [9.17, 15) is 27.2 Å². The molecule has 11 heteroatoms. The van der Waals surface area contributed by atoms with Gasteiger partial charge in [0.05, 0.1) is 7.11 Å². The van der Waals surface area contributed by atoms with Crippen LogP contribution in [0.2, 0.25) is 0 Å². The molecule has 1 unspecified atom stereocenters. The average Bonchev–Trinajstić information content (AvgIpc) is 2.36. The normalized spacial score (nSPS) is 12.9. The van der Waals surface area contributed by atoms with Crippen molar-refractivity contribution in [1.82, 2.24) is 9.55 Å². The minimum absolute atomic E-state index is 0.291. The third kappa shape index (κ3) is 3.93. The molecule has 0 saturated heterocycles. The molecule has 0 aromatic carbocycles. The number of rotatable bonds is 5. The van der Waals surface area contributed by atoms with Crippen LogP contribution in [0.3, 0.4) is 0 Å². The number of H-pyrrole nitrogens is 1. The van der Waals surface area contributed by atoms with Crippen molar-refractivity contribution in [3.8, 4) is 0 Å². The summed E-state index contributed by atoms with van der Waals surface area (Å²) in [5.41, 5.74) is -2.38. The largest absolute Gasteiger partial charge is 0.467 e. The Morgan fingerprint density at radius 2 is 2.15 bits per heavy atom. The molecule has 112 valence electrons. The van der Waals surface area contributed by atoms with Gasteiger partial charge in [0.2, 0.25) is 5.82 Å². The first kappa shape index (κ1) is 16.4. The topological polar surface area (TPSA) is 115 Å². The van der Waals surface area contributed by atoms with E-state index in [0.717, 1.165) is 13.4 Å². The minimum Gasteiger partial charge on any atom is -0.467 e. The van der Waals surface area contributed by atoms with E-state index in [-0.39, 0.29) is 0 Å². The van der Waals surface area contributed by atoms with E-state index in [2.05, 4.69) is 4.74 Å². The molecule has 1 N–H and O–H groups in total. The first-order chi connectivity index (χ1) is 9.17. The predicted octanol–water partition coefficient (Wildman–Crippen LogP) is -0.917. The maximum Gasteiger partial charge on any atom is 0.330 e. The molecule has 0 aliphatic carbocycles. The third-order valence-corrected chi connectivity index (χ3v) is 4.76. The molecule has 0 saturated carbocycles. The Balaban J connectivity index is 3.32. The van der Waals surface area contributed by atoms with Gasteiger partial charge < -0.3 is 9.72 Å². The second kappa shape index (κ2) is 6.22. The predicted molar refractivity (Wildman–Crippen MR) is 69.6 cm³/mol. The summed E-state index contributed by atoms with van der Waals surface area (Å²) in [6.07, 6.45) is 1.45. The highest BCUT2D eigenvalue weighted by Gasteiger charge is 2.27. The molecular weight excluding hydrogens is 315 g/mol. The average molecular weight is 326 g/mol. The van der Waals surface area contributed by atoms with E-state index in [4.69, 9.17) is 0 Å². The van der Waals surface area contributed by atoms with Crippen molar-refractivity contribution in [2.24, 2.45) is 0 Å². The lowest BCUT2D eigenvalue weighted by Crippen LogP contribution is -2.43. The quantitative estimate of drug-likeness (QED) is 0.550. The van der Waals surface area contributed by atoms with Crippen LogP contribution in [-0.4, -0.2) is 43.1 Å². The molecule has 1 rings (SSSR count). The van der Waals surface area contributed by atoms with Gasteiger partial charge in [0.15, 0.2) is 8.87 Å². The third-order valence-electron chi connectivity index (χ3n) is 2.19. The number of nitrogens with zero attached hydrogens (tertiary/aromatic N) is 1. The highest BCUT2D eigenvalue weighted by molar-refractivity contribution is 8.71. The molecule has 0 bridgehead atoms. The van der Waals surface area contributed by atoms with Crippen molar-refractivity contribution < 1.29 is 22.3 Å². The number of esters is 1. The lowest BCUT2D eigenvalue weighted by Gasteiger charge is -2.15. The molecule has 1 atom stereocenters. The van der Waals surface area contributed by atoms with Crippen LogP contribution in [0.25, 0.3) is 0 Å². The van der Waals surface area contributed by atoms with Gasteiger partial charge in [0.1, 0.15) is 6.04 Å². The molecule has 20 heavy (non-hydrogen) atoms. The lowest BCUT2D eigenvalue weighted by molar-refractivity contribution is -0.144. The fourth-order valence-electron chi connectivity index (χ4n) is 1.32. The van der Waals surface area contributed by atoms with E-state index in [1.54, 1.807) is 0 Å². The Labute approximate surface area is 116 Å². The van der Waals surface area contributed by atoms with Gasteiger partial charge >= 0.3 is 11.7 Å². The molecule has 1 aromatic rings. The van der Waals surface area contributed by atoms with Crippen molar-refractivity contribution in [2.75, 3.05) is 19.1 Å². The van der Waals surface area contributed by atoms with Crippen LogP contribution in [0.1, 0.15) is 6.04 Å². The summed E-state index contributed by atoms with van der Waals surface area (Å²) in [4.78, 5) is 36.6. The number of carbonyl (C=O) groups excluding carboxylic acids is 1. The lowest BCUT2D eigenvalue weighted by atomic mass is 10.3. The second-order valence-corrected chi connectivity index (χ2v) is 8.15. The van der Waals surface area contributed by atoms with Crippen molar-refractivity contribution in [3.63, 3.8) is 0 Å². The van der Waals surface area contributed by atoms with E-state index in [0.29, 0.717) is 21.6 Å². The maximum absolute atomic E-state index is 13.2. The fraction of sp³-hybridized carbons (Fsp3) is 0.444. The molecule has 1 aromatic heterocycles. The Hall–Kier alpha value is -1.62. The van der Waals surface area contributed by atoms with Crippen LogP contribution in [-0.2, 0) is 18.4 Å². The van der Waals surface area contributed by atoms with Crippen molar-refractivity contribution in [1.29, 1.82) is 0 Å². The van der Waals surface area contributed by atoms with Crippen molar-refractivity contribution in [3.05, 3.63) is 32.9 Å². The number of methoxy groups -OCH3 is 1. The van der Waals surface area contributed by atoms with Crippen LogP contribution in [0.15, 0.2) is 15.8 Å². The van der Waals surface area contributed by atoms with E-state index >= 15 is 0 Å². The zero-order valence-electron chi connectivity index (χ0n) is 10.5. The molecule has 0 fully saturated rings. The molecule has 0 aliphatic heterocycles. The summed E-state index contributed by atoms with van der Waals surface area (Å²) >= 11 is 0. The van der Waals surface area contributed by atoms with Crippen LogP contribution >= 0.6 is 10.8 Å².